The molecule has 0 aromatic heterocycles. The third-order valence-corrected chi connectivity index (χ3v) is 7.17. The number of allylic oxidation sites excluding steroid dienone is 2. The number of likely N-dealkylation sites (tertiary alicyclic amines) is 1. The summed E-state index contributed by atoms with van der Waals surface area (Å²) >= 11 is 0. The summed E-state index contributed by atoms with van der Waals surface area (Å²) in [4.78, 5) is 65.7. The van der Waals surface area contributed by atoms with Crippen molar-refractivity contribution < 1.29 is 38.2 Å². The highest BCUT2D eigenvalue weighted by Crippen LogP contribution is 2.39. The number of hydrogen-bond acceptors (Lipinski definition) is 8. The number of methoxy groups -OCH3 is 1. The van der Waals surface area contributed by atoms with Crippen LogP contribution in [0.1, 0.15) is 60.7 Å². The van der Waals surface area contributed by atoms with Gasteiger partial charge in [-0.3, -0.25) is 19.3 Å². The highest BCUT2D eigenvalue weighted by molar-refractivity contribution is 6.08. The number of carbonyl (C=O) groups is 5. The van der Waals surface area contributed by atoms with Crippen molar-refractivity contribution in [2.24, 2.45) is 17.8 Å². The fraction of sp³-hybridized carbons (Fsp3) is 0.387. The van der Waals surface area contributed by atoms with Crippen LogP contribution in [0, 0.1) is 17.8 Å². The molecule has 0 N–H and O–H groups in total. The lowest BCUT2D eigenvalue weighted by Crippen LogP contribution is -2.47. The number of Topliss-reactive ketones (excluding diaryl/α,β-unsaturated/α-hetero) is 1. The molecule has 0 spiro atoms. The molecule has 0 bridgehead atoms. The Morgan fingerprint density at radius 1 is 0.950 bits per heavy atom. The Bertz CT molecular complexity index is 1340. The third kappa shape index (κ3) is 6.30. The average Bonchev–Trinajstić information content (AvgIpc) is 3.18. The molecule has 2 aliphatic rings. The first-order valence-corrected chi connectivity index (χ1v) is 13.3. The average molecular weight is 548 g/mol. The molecule has 2 aromatic rings. The topological polar surface area (TPSA) is 116 Å². The van der Waals surface area contributed by atoms with E-state index in [0.717, 1.165) is 10.5 Å². The first kappa shape index (κ1) is 28.7. The second kappa shape index (κ2) is 12.3. The van der Waals surface area contributed by atoms with Crippen LogP contribution in [-0.2, 0) is 19.1 Å². The molecule has 2 aromatic carbocycles. The van der Waals surface area contributed by atoms with Crippen LogP contribution < -0.4 is 9.47 Å². The minimum atomic E-state index is -1.09. The number of nitrogens with zero attached hydrogens (tertiary/aromatic N) is 1. The normalized spacial score (nSPS) is 19.1. The summed E-state index contributed by atoms with van der Waals surface area (Å²) in [7, 11) is 1.50. The van der Waals surface area contributed by atoms with Gasteiger partial charge >= 0.3 is 11.9 Å². The second-order valence-corrected chi connectivity index (χ2v) is 10.6. The van der Waals surface area contributed by atoms with Crippen LogP contribution in [0.4, 0.5) is 0 Å². The lowest BCUT2D eigenvalue weighted by atomic mass is 9.82. The van der Waals surface area contributed by atoms with Crippen molar-refractivity contribution in [3.8, 4) is 11.5 Å². The van der Waals surface area contributed by atoms with Crippen molar-refractivity contribution in [3.63, 3.8) is 0 Å². The van der Waals surface area contributed by atoms with E-state index in [1.165, 1.54) is 31.4 Å². The van der Waals surface area contributed by atoms with Crippen LogP contribution in [0.2, 0.25) is 0 Å². The Morgan fingerprint density at radius 2 is 1.65 bits per heavy atom. The number of hydrogen-bond donors (Lipinski definition) is 0. The first-order valence-electron chi connectivity index (χ1n) is 13.3. The highest BCUT2D eigenvalue weighted by atomic mass is 16.5. The first-order chi connectivity index (χ1) is 19.1. The number of ketones is 1. The summed E-state index contributed by atoms with van der Waals surface area (Å²) in [5.74, 6) is -2.72. The predicted molar refractivity (Wildman–Crippen MR) is 145 cm³/mol. The summed E-state index contributed by atoms with van der Waals surface area (Å²) in [6.07, 6.45) is 3.18. The number of ether oxygens (including phenoxy) is 3. The second-order valence-electron chi connectivity index (χ2n) is 10.6. The molecule has 2 amide bonds. The molecule has 1 aliphatic carbocycles. The Balaban J connectivity index is 1.37. The number of fused-ring (bicyclic) bond motifs is 1. The van der Waals surface area contributed by atoms with Crippen molar-refractivity contribution in [2.45, 2.75) is 46.1 Å². The van der Waals surface area contributed by atoms with Gasteiger partial charge in [0.05, 0.1) is 24.5 Å². The molecule has 3 atom stereocenters. The fourth-order valence-electron chi connectivity index (χ4n) is 5.06. The van der Waals surface area contributed by atoms with E-state index in [-0.39, 0.29) is 35.5 Å². The number of esters is 2. The van der Waals surface area contributed by atoms with E-state index in [9.17, 15) is 24.0 Å². The van der Waals surface area contributed by atoms with E-state index in [2.05, 4.69) is 0 Å². The number of carbonyl (C=O) groups excluding carboxylic acids is 5. The maximum absolute atomic E-state index is 13.2. The van der Waals surface area contributed by atoms with E-state index in [1.807, 2.05) is 26.8 Å². The van der Waals surface area contributed by atoms with Gasteiger partial charge in [0.15, 0.2) is 12.4 Å². The van der Waals surface area contributed by atoms with Gasteiger partial charge in [-0.25, -0.2) is 9.59 Å². The van der Waals surface area contributed by atoms with E-state index < -0.39 is 42.2 Å². The van der Waals surface area contributed by atoms with Crippen molar-refractivity contribution in [2.75, 3.05) is 13.7 Å². The lowest BCUT2D eigenvalue weighted by molar-refractivity contribution is -0.158. The molecule has 9 nitrogen and oxygen atoms in total. The molecule has 1 saturated heterocycles. The lowest BCUT2D eigenvalue weighted by Gasteiger charge is -2.26. The molecule has 1 fully saturated rings. The third-order valence-electron chi connectivity index (χ3n) is 7.17. The molecule has 1 aliphatic heterocycles. The van der Waals surface area contributed by atoms with Crippen LogP contribution in [0.25, 0.3) is 0 Å². The zero-order valence-electron chi connectivity index (χ0n) is 23.0. The smallest absolute Gasteiger partial charge is 0.343 e. The summed E-state index contributed by atoms with van der Waals surface area (Å²) in [5, 5.41) is 0. The fourth-order valence-corrected chi connectivity index (χ4v) is 5.06. The summed E-state index contributed by atoms with van der Waals surface area (Å²) in [6, 6.07) is 11.3. The zero-order chi connectivity index (χ0) is 29.0. The largest absolute Gasteiger partial charge is 0.497 e. The maximum Gasteiger partial charge on any atom is 0.343 e. The highest BCUT2D eigenvalue weighted by Gasteiger charge is 2.52. The summed E-state index contributed by atoms with van der Waals surface area (Å²) in [6.45, 7) is 5.15. The van der Waals surface area contributed by atoms with Crippen molar-refractivity contribution in [3.05, 3.63) is 71.3 Å². The Labute approximate surface area is 233 Å². The Kier molecular flexibility index (Phi) is 8.82. The quantitative estimate of drug-likeness (QED) is 0.141. The predicted octanol–water partition coefficient (Wildman–Crippen LogP) is 4.40. The van der Waals surface area contributed by atoms with Gasteiger partial charge in [0.2, 0.25) is 11.8 Å². The molecule has 40 heavy (non-hydrogen) atoms. The number of rotatable bonds is 10. The van der Waals surface area contributed by atoms with Crippen molar-refractivity contribution >= 4 is 29.5 Å². The molecule has 3 unspecified atom stereocenters. The number of benzene rings is 2. The molecule has 9 heteroatoms. The van der Waals surface area contributed by atoms with Crippen molar-refractivity contribution in [1.82, 2.24) is 4.90 Å². The zero-order valence-corrected chi connectivity index (χ0v) is 23.0. The Hall–Kier alpha value is -4.27. The molecule has 0 saturated carbocycles. The van der Waals surface area contributed by atoms with Gasteiger partial charge in [-0.1, -0.05) is 31.6 Å². The standard InChI is InChI=1S/C31H33NO8/c1-18(2)14-26(32-28(34)24-13-8-19(3)15-25(24)29(32)35)31(37)39-17-27(33)20-9-11-22(12-10-20)40-30(36)21-6-5-7-23(16-21)38-4/h5-12,16,18,24-26H,13-15,17H2,1-4H3. The summed E-state index contributed by atoms with van der Waals surface area (Å²) in [5.41, 5.74) is 1.61. The van der Waals surface area contributed by atoms with Gasteiger partial charge in [-0.05, 0) is 74.6 Å². The summed E-state index contributed by atoms with van der Waals surface area (Å²) < 4.78 is 15.8. The minimum Gasteiger partial charge on any atom is -0.497 e. The van der Waals surface area contributed by atoms with Gasteiger partial charge in [-0.15, -0.1) is 0 Å². The molecule has 210 valence electrons. The SMILES string of the molecule is COc1cccc(C(=O)Oc2ccc(C(=O)COC(=O)C(CC(C)C)N3C(=O)C4CC=C(C)CC4C3=O)cc2)c1. The van der Waals surface area contributed by atoms with Gasteiger partial charge in [0.1, 0.15) is 17.5 Å². The van der Waals surface area contributed by atoms with Gasteiger partial charge < -0.3 is 14.2 Å². The molecular formula is C31H33NO8. The van der Waals surface area contributed by atoms with Gasteiger partial charge in [-0.2, -0.15) is 0 Å². The molecule has 0 radical (unpaired) electrons. The Morgan fingerprint density at radius 3 is 2.33 bits per heavy atom. The van der Waals surface area contributed by atoms with Crippen LogP contribution >= 0.6 is 0 Å². The van der Waals surface area contributed by atoms with Crippen LogP contribution in [0.3, 0.4) is 0 Å². The molecule has 1 heterocycles. The van der Waals surface area contributed by atoms with Crippen LogP contribution in [0.5, 0.6) is 11.5 Å². The number of amides is 2. The van der Waals surface area contributed by atoms with Crippen molar-refractivity contribution in [1.29, 1.82) is 0 Å². The van der Waals surface area contributed by atoms with E-state index in [0.29, 0.717) is 24.2 Å². The van der Waals surface area contributed by atoms with E-state index >= 15 is 0 Å². The minimum absolute atomic E-state index is 0.00330. The van der Waals surface area contributed by atoms with Crippen LogP contribution in [-0.4, -0.2) is 54.2 Å². The molecular weight excluding hydrogens is 514 g/mol. The number of imide groups is 1. The van der Waals surface area contributed by atoms with Crippen LogP contribution in [0.15, 0.2) is 60.2 Å². The van der Waals surface area contributed by atoms with Gasteiger partial charge in [0, 0.05) is 5.56 Å². The van der Waals surface area contributed by atoms with E-state index in [4.69, 9.17) is 14.2 Å². The monoisotopic (exact) mass is 547 g/mol. The molecule has 4 rings (SSSR count). The van der Waals surface area contributed by atoms with E-state index in [1.54, 1.807) is 24.3 Å². The van der Waals surface area contributed by atoms with Gasteiger partial charge in [0.25, 0.3) is 0 Å². The maximum atomic E-state index is 13.2.